The van der Waals surface area contributed by atoms with Gasteiger partial charge >= 0.3 is 5.97 Å². The van der Waals surface area contributed by atoms with Gasteiger partial charge in [-0.3, -0.25) is 0 Å². The van der Waals surface area contributed by atoms with Gasteiger partial charge in [0.15, 0.2) is 6.10 Å². The number of carbonyl (C=O) groups is 1. The molecule has 0 fully saturated rings. The Balaban J connectivity index is 2.16. The summed E-state index contributed by atoms with van der Waals surface area (Å²) in [6.45, 7) is 0. The van der Waals surface area contributed by atoms with Crippen molar-refractivity contribution in [3.05, 3.63) is 60.2 Å². The molecule has 0 aromatic heterocycles. The first-order valence-electron chi connectivity index (χ1n) is 6.38. The highest BCUT2D eigenvalue weighted by atomic mass is 16.5. The summed E-state index contributed by atoms with van der Waals surface area (Å²) in [6, 6.07) is 15.7. The van der Waals surface area contributed by atoms with Crippen LogP contribution in [0.4, 0.5) is 0 Å². The number of rotatable bonds is 5. The third kappa shape index (κ3) is 3.81. The van der Waals surface area contributed by atoms with Gasteiger partial charge in [-0.05, 0) is 29.8 Å². The lowest BCUT2D eigenvalue weighted by Crippen LogP contribution is -2.28. The molecule has 5 nitrogen and oxygen atoms in total. The average Bonchev–Trinajstić information content (AvgIpc) is 2.54. The van der Waals surface area contributed by atoms with Crippen LogP contribution in [0.1, 0.15) is 11.7 Å². The summed E-state index contributed by atoms with van der Waals surface area (Å²) in [7, 11) is 1.15. The number of aliphatic hydroxyl groups is 2. The van der Waals surface area contributed by atoms with E-state index in [-0.39, 0.29) is 0 Å². The lowest BCUT2D eigenvalue weighted by molar-refractivity contribution is -0.156. The Kier molecular flexibility index (Phi) is 4.92. The lowest BCUT2D eigenvalue weighted by Gasteiger charge is -2.16. The fourth-order valence-electron chi connectivity index (χ4n) is 1.82. The summed E-state index contributed by atoms with van der Waals surface area (Å²) in [6.07, 6.45) is -3.02. The monoisotopic (exact) mass is 288 g/mol. The van der Waals surface area contributed by atoms with Crippen molar-refractivity contribution < 1.29 is 24.5 Å². The molecule has 0 spiro atoms. The smallest absolute Gasteiger partial charge is 0.337 e. The number of ether oxygens (including phenoxy) is 2. The van der Waals surface area contributed by atoms with E-state index in [4.69, 9.17) is 4.74 Å². The molecule has 0 saturated heterocycles. The maximum Gasteiger partial charge on any atom is 0.337 e. The van der Waals surface area contributed by atoms with Crippen LogP contribution in [-0.4, -0.2) is 29.4 Å². The first-order valence-corrected chi connectivity index (χ1v) is 6.38. The molecule has 0 heterocycles. The van der Waals surface area contributed by atoms with Gasteiger partial charge < -0.3 is 19.7 Å². The molecule has 0 bridgehead atoms. The van der Waals surface area contributed by atoms with E-state index in [0.717, 1.165) is 7.11 Å². The third-order valence-corrected chi connectivity index (χ3v) is 2.92. The molecule has 2 atom stereocenters. The molecule has 0 amide bonds. The zero-order valence-electron chi connectivity index (χ0n) is 11.5. The molecule has 2 aromatic rings. The molecular formula is C16H16O5. The lowest BCUT2D eigenvalue weighted by atomic mass is 10.0. The number of methoxy groups -OCH3 is 1. The molecule has 110 valence electrons. The average molecular weight is 288 g/mol. The molecule has 0 aliphatic heterocycles. The van der Waals surface area contributed by atoms with E-state index in [1.165, 1.54) is 0 Å². The second-order valence-corrected chi connectivity index (χ2v) is 4.40. The van der Waals surface area contributed by atoms with Gasteiger partial charge in [0.25, 0.3) is 0 Å². The summed E-state index contributed by atoms with van der Waals surface area (Å²) >= 11 is 0. The van der Waals surface area contributed by atoms with E-state index in [2.05, 4.69) is 4.74 Å². The molecule has 0 radical (unpaired) electrons. The number of aliphatic hydroxyl groups excluding tert-OH is 2. The maximum absolute atomic E-state index is 11.2. The number of para-hydroxylation sites is 1. The molecule has 0 saturated carbocycles. The Bertz CT molecular complexity index is 597. The zero-order chi connectivity index (χ0) is 15.2. The van der Waals surface area contributed by atoms with Crippen molar-refractivity contribution in [2.24, 2.45) is 0 Å². The van der Waals surface area contributed by atoms with Gasteiger partial charge in [0.2, 0.25) is 0 Å². The van der Waals surface area contributed by atoms with E-state index < -0.39 is 18.2 Å². The van der Waals surface area contributed by atoms with Crippen LogP contribution in [0, 0.1) is 0 Å². The van der Waals surface area contributed by atoms with Gasteiger partial charge in [0.05, 0.1) is 7.11 Å². The van der Waals surface area contributed by atoms with Crippen molar-refractivity contribution >= 4 is 5.97 Å². The van der Waals surface area contributed by atoms with E-state index in [1.807, 2.05) is 18.2 Å². The fraction of sp³-hybridized carbons (Fsp3) is 0.188. The van der Waals surface area contributed by atoms with Crippen LogP contribution in [0.2, 0.25) is 0 Å². The second kappa shape index (κ2) is 6.88. The Morgan fingerprint density at radius 2 is 1.67 bits per heavy atom. The van der Waals surface area contributed by atoms with Crippen molar-refractivity contribution in [3.8, 4) is 11.5 Å². The van der Waals surface area contributed by atoms with Crippen LogP contribution >= 0.6 is 0 Å². The van der Waals surface area contributed by atoms with Crippen molar-refractivity contribution in [2.75, 3.05) is 7.11 Å². The van der Waals surface area contributed by atoms with E-state index >= 15 is 0 Å². The van der Waals surface area contributed by atoms with Crippen LogP contribution in [0.25, 0.3) is 0 Å². The topological polar surface area (TPSA) is 76.0 Å². The molecule has 2 unspecified atom stereocenters. The summed E-state index contributed by atoms with van der Waals surface area (Å²) in [5, 5.41) is 19.6. The van der Waals surface area contributed by atoms with Crippen LogP contribution in [0.15, 0.2) is 54.6 Å². The highest BCUT2D eigenvalue weighted by Gasteiger charge is 2.26. The zero-order valence-corrected chi connectivity index (χ0v) is 11.5. The van der Waals surface area contributed by atoms with E-state index in [9.17, 15) is 15.0 Å². The van der Waals surface area contributed by atoms with Crippen molar-refractivity contribution in [1.82, 2.24) is 0 Å². The number of esters is 1. The van der Waals surface area contributed by atoms with Crippen LogP contribution in [0.5, 0.6) is 11.5 Å². The first kappa shape index (κ1) is 15.0. The number of benzene rings is 2. The summed E-state index contributed by atoms with van der Waals surface area (Å²) < 4.78 is 10.0. The van der Waals surface area contributed by atoms with Crippen molar-refractivity contribution in [1.29, 1.82) is 0 Å². The normalized spacial score (nSPS) is 13.3. The molecule has 2 rings (SSSR count). The van der Waals surface area contributed by atoms with Gasteiger partial charge in [0.1, 0.15) is 17.6 Å². The molecule has 2 aromatic carbocycles. The number of hydrogen-bond donors (Lipinski definition) is 2. The third-order valence-electron chi connectivity index (χ3n) is 2.92. The Morgan fingerprint density at radius 3 is 2.33 bits per heavy atom. The van der Waals surface area contributed by atoms with Crippen LogP contribution < -0.4 is 4.74 Å². The largest absolute Gasteiger partial charge is 0.467 e. The molecule has 2 N–H and O–H groups in total. The Morgan fingerprint density at radius 1 is 1.00 bits per heavy atom. The molecular weight excluding hydrogens is 272 g/mol. The minimum Gasteiger partial charge on any atom is -0.467 e. The summed E-state index contributed by atoms with van der Waals surface area (Å²) in [5.74, 6) is 0.254. The van der Waals surface area contributed by atoms with Crippen LogP contribution in [0.3, 0.4) is 0 Å². The number of hydrogen-bond acceptors (Lipinski definition) is 5. The van der Waals surface area contributed by atoms with Gasteiger partial charge in [-0.1, -0.05) is 30.3 Å². The van der Waals surface area contributed by atoms with Gasteiger partial charge in [0, 0.05) is 0 Å². The minimum absolute atomic E-state index is 0.362. The predicted octanol–water partition coefficient (Wildman–Crippen LogP) is 2.05. The minimum atomic E-state index is -1.64. The Hall–Kier alpha value is -2.37. The molecule has 5 heteroatoms. The molecule has 0 aliphatic carbocycles. The van der Waals surface area contributed by atoms with Crippen molar-refractivity contribution in [2.45, 2.75) is 12.2 Å². The van der Waals surface area contributed by atoms with E-state index in [1.54, 1.807) is 36.4 Å². The van der Waals surface area contributed by atoms with Crippen molar-refractivity contribution in [3.63, 3.8) is 0 Å². The van der Waals surface area contributed by atoms with Gasteiger partial charge in [-0.25, -0.2) is 4.79 Å². The molecule has 21 heavy (non-hydrogen) atoms. The Labute approximate surface area is 122 Å². The second-order valence-electron chi connectivity index (χ2n) is 4.40. The fourth-order valence-corrected chi connectivity index (χ4v) is 1.82. The van der Waals surface area contributed by atoms with E-state index in [0.29, 0.717) is 17.1 Å². The standard InChI is InChI=1S/C16H16O5/c1-20-16(19)15(18)14(17)11-6-5-9-13(10-11)21-12-7-3-2-4-8-12/h2-10,14-15,17-18H,1H3. The first-order chi connectivity index (χ1) is 10.1. The maximum atomic E-state index is 11.2. The quantitative estimate of drug-likeness (QED) is 0.823. The molecule has 0 aliphatic rings. The SMILES string of the molecule is COC(=O)C(O)C(O)c1cccc(Oc2ccccc2)c1. The van der Waals surface area contributed by atoms with Crippen LogP contribution in [-0.2, 0) is 9.53 Å². The van der Waals surface area contributed by atoms with Gasteiger partial charge in [-0.2, -0.15) is 0 Å². The predicted molar refractivity (Wildman–Crippen MR) is 75.9 cm³/mol. The number of carbonyl (C=O) groups excluding carboxylic acids is 1. The highest BCUT2D eigenvalue weighted by molar-refractivity contribution is 5.75. The van der Waals surface area contributed by atoms with Gasteiger partial charge in [-0.15, -0.1) is 0 Å². The summed E-state index contributed by atoms with van der Waals surface area (Å²) in [5.41, 5.74) is 0.362. The summed E-state index contributed by atoms with van der Waals surface area (Å²) in [4.78, 5) is 11.2. The highest BCUT2D eigenvalue weighted by Crippen LogP contribution is 2.26.